The van der Waals surface area contributed by atoms with Crippen molar-refractivity contribution >= 4 is 17.7 Å². The average Bonchev–Trinajstić information content (AvgIpc) is 2.59. The first-order valence-electron chi connectivity index (χ1n) is 6.13. The minimum atomic E-state index is -0.972. The second-order valence-corrected chi connectivity index (χ2v) is 4.92. The van der Waals surface area contributed by atoms with Crippen LogP contribution in [0.3, 0.4) is 0 Å². The Morgan fingerprint density at radius 3 is 2.35 bits per heavy atom. The van der Waals surface area contributed by atoms with E-state index in [9.17, 15) is 19.5 Å². The van der Waals surface area contributed by atoms with E-state index in [1.165, 1.54) is 4.90 Å². The molecule has 0 unspecified atom stereocenters. The Morgan fingerprint density at radius 1 is 1.24 bits per heavy atom. The summed E-state index contributed by atoms with van der Waals surface area (Å²) < 4.78 is 0. The number of hydrogen-bond acceptors (Lipinski definition) is 3. The number of carbonyl (C=O) groups is 3. The summed E-state index contributed by atoms with van der Waals surface area (Å²) in [6.45, 7) is -0.0215. The highest BCUT2D eigenvalue weighted by molar-refractivity contribution is 6.06. The highest BCUT2D eigenvalue weighted by Crippen LogP contribution is 2.30. The minimum Gasteiger partial charge on any atom is -0.480 e. The van der Waals surface area contributed by atoms with Crippen LogP contribution in [0.25, 0.3) is 0 Å². The Hall–Kier alpha value is -1.39. The number of carboxylic acid groups (broad SMARTS) is 1. The molecule has 0 aromatic carbocycles. The number of carbonyl (C=O) groups excluding carboxylic acids is 2. The van der Waals surface area contributed by atoms with Crippen molar-refractivity contribution < 1.29 is 19.5 Å². The quantitative estimate of drug-likeness (QED) is 0.740. The molecule has 5 nitrogen and oxygen atoms in total. The molecule has 0 bridgehead atoms. The number of nitrogens with zero attached hydrogens (tertiary/aromatic N) is 1. The number of hydrogen-bond donors (Lipinski definition) is 1. The average molecular weight is 239 g/mol. The maximum Gasteiger partial charge on any atom is 0.326 e. The zero-order valence-corrected chi connectivity index (χ0v) is 9.72. The molecule has 17 heavy (non-hydrogen) atoms. The van der Waals surface area contributed by atoms with Gasteiger partial charge in [-0.1, -0.05) is 19.3 Å². The van der Waals surface area contributed by atoms with Crippen LogP contribution >= 0.6 is 0 Å². The van der Waals surface area contributed by atoms with Crippen molar-refractivity contribution in [2.45, 2.75) is 44.6 Å². The highest BCUT2D eigenvalue weighted by atomic mass is 16.4. The van der Waals surface area contributed by atoms with Crippen LogP contribution in [0.2, 0.25) is 0 Å². The number of likely N-dealkylation sites (tertiary alicyclic amines) is 1. The first-order valence-corrected chi connectivity index (χ1v) is 6.13. The molecule has 1 saturated carbocycles. The van der Waals surface area contributed by atoms with E-state index >= 15 is 0 Å². The molecule has 94 valence electrons. The fourth-order valence-corrected chi connectivity index (χ4v) is 2.90. The van der Waals surface area contributed by atoms with E-state index in [0.29, 0.717) is 0 Å². The predicted octanol–water partition coefficient (Wildman–Crippen LogP) is 0.821. The van der Waals surface area contributed by atoms with Gasteiger partial charge in [0.15, 0.2) is 5.78 Å². The van der Waals surface area contributed by atoms with Crippen LogP contribution in [0.5, 0.6) is 0 Å². The van der Waals surface area contributed by atoms with Gasteiger partial charge in [-0.2, -0.15) is 0 Å². The fraction of sp³-hybridized carbons (Fsp3) is 0.750. The molecule has 2 rings (SSSR count). The van der Waals surface area contributed by atoms with Crippen LogP contribution in [-0.4, -0.2) is 40.3 Å². The molecule has 1 atom stereocenters. The molecule has 1 heterocycles. The van der Waals surface area contributed by atoms with Crippen molar-refractivity contribution in [3.63, 3.8) is 0 Å². The molecule has 0 aromatic rings. The lowest BCUT2D eigenvalue weighted by molar-refractivity contribution is -0.151. The van der Waals surface area contributed by atoms with Gasteiger partial charge in [-0.3, -0.25) is 9.59 Å². The number of carboxylic acids is 1. The van der Waals surface area contributed by atoms with Gasteiger partial charge in [-0.25, -0.2) is 4.79 Å². The van der Waals surface area contributed by atoms with E-state index in [4.69, 9.17) is 0 Å². The zero-order chi connectivity index (χ0) is 12.4. The lowest BCUT2D eigenvalue weighted by Gasteiger charge is -2.33. The van der Waals surface area contributed by atoms with Crippen LogP contribution in [0.4, 0.5) is 0 Å². The van der Waals surface area contributed by atoms with Crippen molar-refractivity contribution in [2.24, 2.45) is 5.92 Å². The molecular weight excluding hydrogens is 222 g/mol. The van der Waals surface area contributed by atoms with Crippen LogP contribution in [0.15, 0.2) is 0 Å². The summed E-state index contributed by atoms with van der Waals surface area (Å²) in [7, 11) is 0. The molecule has 1 aliphatic carbocycles. The first kappa shape index (κ1) is 12.1. The van der Waals surface area contributed by atoms with E-state index < -0.39 is 12.0 Å². The standard InChI is InChI=1S/C12H17NO4/c14-9-6-10(15)13(7-9)11(12(16)17)8-4-2-1-3-5-8/h8,11H,1-7H2,(H,16,17)/t11-/m0/s1. The molecule has 5 heteroatoms. The van der Waals surface area contributed by atoms with Gasteiger partial charge in [0.25, 0.3) is 0 Å². The first-order chi connectivity index (χ1) is 8.09. The van der Waals surface area contributed by atoms with E-state index in [2.05, 4.69) is 0 Å². The number of amides is 1. The second kappa shape index (κ2) is 4.85. The van der Waals surface area contributed by atoms with Gasteiger partial charge >= 0.3 is 5.97 Å². The van der Waals surface area contributed by atoms with Crippen molar-refractivity contribution in [1.29, 1.82) is 0 Å². The summed E-state index contributed by atoms with van der Waals surface area (Å²) in [5.41, 5.74) is 0. The summed E-state index contributed by atoms with van der Waals surface area (Å²) in [5.74, 6) is -1.46. The van der Waals surface area contributed by atoms with Gasteiger partial charge < -0.3 is 10.0 Å². The highest BCUT2D eigenvalue weighted by Gasteiger charge is 2.41. The van der Waals surface area contributed by atoms with Crippen molar-refractivity contribution in [3.8, 4) is 0 Å². The molecule has 0 spiro atoms. The number of rotatable bonds is 3. The van der Waals surface area contributed by atoms with Crippen molar-refractivity contribution in [3.05, 3.63) is 0 Å². The third-order valence-corrected chi connectivity index (χ3v) is 3.70. The largest absolute Gasteiger partial charge is 0.480 e. The Bertz CT molecular complexity index is 346. The maximum atomic E-state index is 11.6. The second-order valence-electron chi connectivity index (χ2n) is 4.92. The van der Waals surface area contributed by atoms with Crippen molar-refractivity contribution in [2.75, 3.05) is 6.54 Å². The van der Waals surface area contributed by atoms with Gasteiger partial charge in [0.2, 0.25) is 5.91 Å². The molecule has 1 aliphatic heterocycles. The topological polar surface area (TPSA) is 74.7 Å². The Kier molecular flexibility index (Phi) is 3.45. The lowest BCUT2D eigenvalue weighted by Crippen LogP contribution is -2.47. The third-order valence-electron chi connectivity index (χ3n) is 3.70. The smallest absolute Gasteiger partial charge is 0.326 e. The monoisotopic (exact) mass is 239 g/mol. The van der Waals surface area contributed by atoms with Gasteiger partial charge in [0.05, 0.1) is 13.0 Å². The summed E-state index contributed by atoms with van der Waals surface area (Å²) >= 11 is 0. The van der Waals surface area contributed by atoms with Crippen LogP contribution in [-0.2, 0) is 14.4 Å². The molecule has 1 saturated heterocycles. The number of aliphatic carboxylic acids is 1. The third kappa shape index (κ3) is 2.48. The van der Waals surface area contributed by atoms with Crippen molar-refractivity contribution in [1.82, 2.24) is 4.90 Å². The molecule has 1 N–H and O–H groups in total. The minimum absolute atomic E-state index is 0.0103. The summed E-state index contributed by atoms with van der Waals surface area (Å²) in [4.78, 5) is 35.4. The number of ketones is 1. The van der Waals surface area contributed by atoms with Crippen LogP contribution in [0.1, 0.15) is 38.5 Å². The van der Waals surface area contributed by atoms with Gasteiger partial charge in [-0.15, -0.1) is 0 Å². The van der Waals surface area contributed by atoms with Gasteiger partial charge in [0, 0.05) is 0 Å². The predicted molar refractivity (Wildman–Crippen MR) is 59.3 cm³/mol. The molecule has 0 radical (unpaired) electrons. The van der Waals surface area contributed by atoms with E-state index in [0.717, 1.165) is 32.1 Å². The molecule has 2 fully saturated rings. The fourth-order valence-electron chi connectivity index (χ4n) is 2.90. The molecular formula is C12H17NO4. The summed E-state index contributed by atoms with van der Waals surface area (Å²) in [6.07, 6.45) is 4.73. The Balaban J connectivity index is 2.13. The lowest BCUT2D eigenvalue weighted by atomic mass is 9.83. The van der Waals surface area contributed by atoms with E-state index in [1.807, 2.05) is 0 Å². The maximum absolute atomic E-state index is 11.6. The SMILES string of the molecule is O=C1CC(=O)N([C@H](C(=O)O)C2CCCCC2)C1. The summed E-state index contributed by atoms with van der Waals surface area (Å²) in [6, 6.07) is -0.797. The molecule has 2 aliphatic rings. The van der Waals surface area contributed by atoms with Crippen LogP contribution < -0.4 is 0 Å². The number of Topliss-reactive ketones (excluding diaryl/α,β-unsaturated/α-hetero) is 1. The van der Waals surface area contributed by atoms with E-state index in [1.54, 1.807) is 0 Å². The Morgan fingerprint density at radius 2 is 1.88 bits per heavy atom. The van der Waals surface area contributed by atoms with Crippen LogP contribution in [0, 0.1) is 5.92 Å². The molecule has 0 aromatic heterocycles. The zero-order valence-electron chi connectivity index (χ0n) is 9.72. The summed E-state index contributed by atoms with van der Waals surface area (Å²) in [5, 5.41) is 9.28. The van der Waals surface area contributed by atoms with Gasteiger partial charge in [0.1, 0.15) is 6.04 Å². The normalized spacial score (nSPS) is 24.1. The van der Waals surface area contributed by atoms with E-state index in [-0.39, 0.29) is 30.6 Å². The Labute approximate surface area is 99.8 Å². The molecule has 1 amide bonds. The van der Waals surface area contributed by atoms with Gasteiger partial charge in [-0.05, 0) is 18.8 Å².